The maximum atomic E-state index is 12.0. The van der Waals surface area contributed by atoms with E-state index in [2.05, 4.69) is 4.74 Å². The first-order valence-electron chi connectivity index (χ1n) is 7.22. The molecule has 1 heterocycles. The summed E-state index contributed by atoms with van der Waals surface area (Å²) in [6, 6.07) is 3.68. The minimum Gasteiger partial charge on any atom is -0.469 e. The molecule has 0 saturated heterocycles. The molecule has 0 aliphatic carbocycles. The van der Waals surface area contributed by atoms with E-state index in [1.54, 1.807) is 6.07 Å². The van der Waals surface area contributed by atoms with Gasteiger partial charge in [0.1, 0.15) is 0 Å². The molecule has 0 amide bonds. The van der Waals surface area contributed by atoms with Crippen LogP contribution >= 0.6 is 11.3 Å². The van der Waals surface area contributed by atoms with E-state index in [4.69, 9.17) is 0 Å². The van der Waals surface area contributed by atoms with Crippen LogP contribution in [0, 0.1) is 0 Å². The number of hydrogen-bond acceptors (Lipinski definition) is 4. The summed E-state index contributed by atoms with van der Waals surface area (Å²) in [5, 5.41) is 9.97. The van der Waals surface area contributed by atoms with E-state index < -0.39 is 18.7 Å². The van der Waals surface area contributed by atoms with E-state index in [-0.39, 0.29) is 12.4 Å². The van der Waals surface area contributed by atoms with Crippen LogP contribution in [0.3, 0.4) is 0 Å². The van der Waals surface area contributed by atoms with Gasteiger partial charge in [-0.25, -0.2) is 0 Å². The lowest BCUT2D eigenvalue weighted by atomic mass is 10.1. The van der Waals surface area contributed by atoms with Crippen LogP contribution in [0.5, 0.6) is 0 Å². The third-order valence-corrected chi connectivity index (χ3v) is 4.48. The fourth-order valence-corrected chi connectivity index (χ4v) is 3.10. The van der Waals surface area contributed by atoms with Gasteiger partial charge in [0, 0.05) is 22.6 Å². The minimum atomic E-state index is -4.12. The van der Waals surface area contributed by atoms with Crippen molar-refractivity contribution in [1.82, 2.24) is 0 Å². The largest absolute Gasteiger partial charge is 0.469 e. The number of carbonyl (C=O) groups excluding carboxylic acids is 1. The van der Waals surface area contributed by atoms with Crippen molar-refractivity contribution in [1.29, 1.82) is 0 Å². The van der Waals surface area contributed by atoms with Crippen LogP contribution in [0.25, 0.3) is 0 Å². The average molecular weight is 338 g/mol. The van der Waals surface area contributed by atoms with Gasteiger partial charge in [0.2, 0.25) is 0 Å². The molecule has 0 bridgehead atoms. The molecule has 1 unspecified atom stereocenters. The molecule has 0 spiro atoms. The highest BCUT2D eigenvalue weighted by atomic mass is 32.1. The summed E-state index contributed by atoms with van der Waals surface area (Å²) in [5.41, 5.74) is 0. The molecule has 22 heavy (non-hydrogen) atoms. The first-order valence-corrected chi connectivity index (χ1v) is 8.03. The van der Waals surface area contributed by atoms with E-state index in [0.717, 1.165) is 16.2 Å². The highest BCUT2D eigenvalue weighted by molar-refractivity contribution is 7.12. The predicted octanol–water partition coefficient (Wildman–Crippen LogP) is 4.40. The number of ether oxygens (including phenoxy) is 1. The normalized spacial score (nSPS) is 13.1. The molecule has 7 heteroatoms. The van der Waals surface area contributed by atoms with Crippen LogP contribution in [-0.4, -0.2) is 24.4 Å². The summed E-state index contributed by atoms with van der Waals surface area (Å²) in [6.07, 6.45) is -3.18. The summed E-state index contributed by atoms with van der Waals surface area (Å²) >= 11 is 1.44. The van der Waals surface area contributed by atoms with Gasteiger partial charge < -0.3 is 9.84 Å². The Bertz CT molecular complexity index is 457. The van der Waals surface area contributed by atoms with E-state index >= 15 is 0 Å². The zero-order chi connectivity index (χ0) is 16.6. The summed E-state index contributed by atoms with van der Waals surface area (Å²) in [6.45, 7) is 0. The van der Waals surface area contributed by atoms with Gasteiger partial charge in [-0.15, -0.1) is 11.3 Å². The van der Waals surface area contributed by atoms with Crippen molar-refractivity contribution < 1.29 is 27.8 Å². The van der Waals surface area contributed by atoms with Crippen LogP contribution < -0.4 is 0 Å². The molecular formula is C15H21F3O3S. The average Bonchev–Trinajstić information content (AvgIpc) is 2.91. The molecule has 0 aliphatic heterocycles. The molecule has 0 saturated carbocycles. The Kier molecular flexibility index (Phi) is 7.89. The van der Waals surface area contributed by atoms with Crippen molar-refractivity contribution in [2.24, 2.45) is 0 Å². The maximum absolute atomic E-state index is 12.0. The van der Waals surface area contributed by atoms with Gasteiger partial charge in [-0.05, 0) is 37.8 Å². The molecule has 0 fully saturated rings. The highest BCUT2D eigenvalue weighted by Crippen LogP contribution is 2.29. The summed E-state index contributed by atoms with van der Waals surface area (Å²) < 4.78 is 40.6. The molecular weight excluding hydrogens is 317 g/mol. The third kappa shape index (κ3) is 7.79. The molecule has 3 nitrogen and oxygen atoms in total. The number of aliphatic hydroxyl groups excluding tert-OH is 1. The van der Waals surface area contributed by atoms with E-state index in [1.165, 1.54) is 18.4 Å². The number of esters is 1. The molecule has 1 rings (SSSR count). The van der Waals surface area contributed by atoms with Crippen molar-refractivity contribution in [2.45, 2.75) is 57.2 Å². The lowest BCUT2D eigenvalue weighted by Crippen LogP contribution is -2.06. The summed E-state index contributed by atoms with van der Waals surface area (Å²) in [5.74, 6) is -0.249. The van der Waals surface area contributed by atoms with Gasteiger partial charge in [-0.2, -0.15) is 13.2 Å². The molecule has 1 aromatic rings. The Morgan fingerprint density at radius 3 is 2.68 bits per heavy atom. The number of unbranched alkanes of at least 4 members (excludes halogenated alkanes) is 1. The lowest BCUT2D eigenvalue weighted by molar-refractivity contribution is -0.140. The van der Waals surface area contributed by atoms with Gasteiger partial charge in [0.05, 0.1) is 13.2 Å². The van der Waals surface area contributed by atoms with Crippen LogP contribution in [0.2, 0.25) is 0 Å². The molecule has 0 radical (unpaired) electrons. The zero-order valence-corrected chi connectivity index (χ0v) is 13.3. The third-order valence-electron chi connectivity index (χ3n) is 3.23. The Labute approximate surface area is 132 Å². The van der Waals surface area contributed by atoms with Crippen molar-refractivity contribution in [3.05, 3.63) is 21.9 Å². The second-order valence-corrected chi connectivity index (χ2v) is 6.31. The van der Waals surface area contributed by atoms with Gasteiger partial charge in [0.25, 0.3) is 0 Å². The number of halogens is 3. The number of aryl methyl sites for hydroxylation is 1. The van der Waals surface area contributed by atoms with Gasteiger partial charge in [0.15, 0.2) is 0 Å². The van der Waals surface area contributed by atoms with Gasteiger partial charge >= 0.3 is 12.1 Å². The Morgan fingerprint density at radius 2 is 2.05 bits per heavy atom. The standard InChI is InChI=1S/C15H21F3O3S/c1-21-14(20)7-4-5-11-8-9-13(22-11)12(19)6-2-3-10-15(16,17)18/h8-9,12,19H,2-7,10H2,1H3. The number of thiophene rings is 1. The predicted molar refractivity (Wildman–Crippen MR) is 78.8 cm³/mol. The molecule has 0 aliphatic rings. The second kappa shape index (κ2) is 9.15. The van der Waals surface area contributed by atoms with Crippen LogP contribution in [-0.2, 0) is 16.0 Å². The molecule has 1 aromatic heterocycles. The monoisotopic (exact) mass is 338 g/mol. The van der Waals surface area contributed by atoms with Crippen molar-refractivity contribution >= 4 is 17.3 Å². The minimum absolute atomic E-state index is 0.0396. The first kappa shape index (κ1) is 19.0. The van der Waals surface area contributed by atoms with E-state index in [0.29, 0.717) is 25.7 Å². The van der Waals surface area contributed by atoms with Crippen molar-refractivity contribution in [3.8, 4) is 0 Å². The van der Waals surface area contributed by atoms with E-state index in [9.17, 15) is 23.1 Å². The zero-order valence-electron chi connectivity index (χ0n) is 12.5. The van der Waals surface area contributed by atoms with Crippen LogP contribution in [0.1, 0.15) is 54.4 Å². The first-order chi connectivity index (χ1) is 10.3. The Morgan fingerprint density at radius 1 is 1.32 bits per heavy atom. The summed E-state index contributed by atoms with van der Waals surface area (Å²) in [4.78, 5) is 12.8. The number of carbonyl (C=O) groups is 1. The van der Waals surface area contributed by atoms with E-state index in [1.807, 2.05) is 6.07 Å². The molecule has 126 valence electrons. The summed E-state index contributed by atoms with van der Waals surface area (Å²) in [7, 11) is 1.35. The lowest BCUT2D eigenvalue weighted by Gasteiger charge is -2.09. The number of methoxy groups -OCH3 is 1. The van der Waals surface area contributed by atoms with Crippen molar-refractivity contribution in [2.75, 3.05) is 7.11 Å². The number of rotatable bonds is 9. The highest BCUT2D eigenvalue weighted by Gasteiger charge is 2.26. The molecule has 0 aromatic carbocycles. The molecule has 1 atom stereocenters. The fourth-order valence-electron chi connectivity index (χ4n) is 2.02. The van der Waals surface area contributed by atoms with Crippen LogP contribution in [0.15, 0.2) is 12.1 Å². The number of aliphatic hydroxyl groups is 1. The Hall–Kier alpha value is -1.08. The van der Waals surface area contributed by atoms with Gasteiger partial charge in [-0.3, -0.25) is 4.79 Å². The maximum Gasteiger partial charge on any atom is 0.389 e. The smallest absolute Gasteiger partial charge is 0.389 e. The fraction of sp³-hybridized carbons (Fsp3) is 0.667. The quantitative estimate of drug-likeness (QED) is 0.536. The van der Waals surface area contributed by atoms with Crippen LogP contribution in [0.4, 0.5) is 13.2 Å². The molecule has 1 N–H and O–H groups in total. The Balaban J connectivity index is 2.29. The topological polar surface area (TPSA) is 46.5 Å². The number of hydrogen-bond donors (Lipinski definition) is 1. The SMILES string of the molecule is COC(=O)CCCc1ccc(C(O)CCCCC(F)(F)F)s1. The van der Waals surface area contributed by atoms with Crippen molar-refractivity contribution in [3.63, 3.8) is 0 Å². The second-order valence-electron chi connectivity index (χ2n) is 5.11. The van der Waals surface area contributed by atoms with Gasteiger partial charge in [-0.1, -0.05) is 6.42 Å². The number of alkyl halides is 3.